The van der Waals surface area contributed by atoms with Crippen LogP contribution in [0.15, 0.2) is 36.7 Å². The average Bonchev–Trinajstić information content (AvgIpc) is 2.97. The lowest BCUT2D eigenvalue weighted by Gasteiger charge is -2.08. The predicted octanol–water partition coefficient (Wildman–Crippen LogP) is 3.33. The minimum absolute atomic E-state index is 0.0420. The summed E-state index contributed by atoms with van der Waals surface area (Å²) in [5.41, 5.74) is 1.96. The highest BCUT2D eigenvalue weighted by atomic mass is 16.6. The summed E-state index contributed by atoms with van der Waals surface area (Å²) >= 11 is 0. The number of benzene rings is 1. The Morgan fingerprint density at radius 1 is 1.35 bits per heavy atom. The fourth-order valence-corrected chi connectivity index (χ4v) is 2.15. The Bertz CT molecular complexity index is 677. The van der Waals surface area contributed by atoms with Crippen molar-refractivity contribution < 1.29 is 9.72 Å². The molecule has 0 aliphatic rings. The number of aromatic nitrogens is 2. The lowest BCUT2D eigenvalue weighted by Crippen LogP contribution is -2.12. The van der Waals surface area contributed by atoms with Gasteiger partial charge in [0.05, 0.1) is 4.92 Å². The van der Waals surface area contributed by atoms with Crippen LogP contribution in [0.5, 0.6) is 0 Å². The summed E-state index contributed by atoms with van der Waals surface area (Å²) in [5, 5.41) is 17.3. The standard InChI is InChI=1S/C16H20N4O3/c1-12(2)13-5-7-14(8-6-13)18-16(21)4-3-9-19-11-15(10-17-19)20(22)23/h5-8,10-12H,3-4,9H2,1-2H3,(H,18,21). The Morgan fingerprint density at radius 3 is 2.61 bits per heavy atom. The molecule has 2 aromatic rings. The van der Waals surface area contributed by atoms with Crippen LogP contribution in [0.3, 0.4) is 0 Å². The molecule has 0 saturated carbocycles. The molecule has 0 saturated heterocycles. The average molecular weight is 316 g/mol. The van der Waals surface area contributed by atoms with Crippen molar-refractivity contribution in [3.63, 3.8) is 0 Å². The molecule has 1 aromatic carbocycles. The van der Waals surface area contributed by atoms with Crippen molar-refractivity contribution in [2.24, 2.45) is 0 Å². The summed E-state index contributed by atoms with van der Waals surface area (Å²) in [4.78, 5) is 22.0. The number of rotatable bonds is 7. The number of hydrogen-bond donors (Lipinski definition) is 1. The third-order valence-corrected chi connectivity index (χ3v) is 3.48. The predicted molar refractivity (Wildman–Crippen MR) is 87.3 cm³/mol. The summed E-state index contributed by atoms with van der Waals surface area (Å²) < 4.78 is 1.48. The molecule has 0 atom stereocenters. The summed E-state index contributed by atoms with van der Waals surface area (Å²) in [5.74, 6) is 0.377. The first kappa shape index (κ1) is 16.7. The molecule has 7 heteroatoms. The number of nitrogens with one attached hydrogen (secondary N) is 1. The van der Waals surface area contributed by atoms with Crippen molar-refractivity contribution in [3.8, 4) is 0 Å². The molecule has 23 heavy (non-hydrogen) atoms. The highest BCUT2D eigenvalue weighted by molar-refractivity contribution is 5.90. The van der Waals surface area contributed by atoms with Crippen LogP contribution in [0, 0.1) is 10.1 Å². The number of nitro groups is 1. The quantitative estimate of drug-likeness (QED) is 0.626. The zero-order valence-corrected chi connectivity index (χ0v) is 13.2. The lowest BCUT2D eigenvalue weighted by atomic mass is 10.0. The zero-order valence-electron chi connectivity index (χ0n) is 13.2. The van der Waals surface area contributed by atoms with Crippen LogP contribution in [0.1, 0.15) is 38.2 Å². The molecule has 1 N–H and O–H groups in total. The van der Waals surface area contributed by atoms with E-state index in [2.05, 4.69) is 24.3 Å². The number of amides is 1. The van der Waals surface area contributed by atoms with Gasteiger partial charge in [-0.05, 0) is 30.0 Å². The Hall–Kier alpha value is -2.70. The van der Waals surface area contributed by atoms with Gasteiger partial charge < -0.3 is 5.32 Å². The van der Waals surface area contributed by atoms with E-state index in [1.54, 1.807) is 0 Å². The first-order valence-corrected chi connectivity index (χ1v) is 7.52. The maximum Gasteiger partial charge on any atom is 0.306 e. The van der Waals surface area contributed by atoms with Gasteiger partial charge in [-0.15, -0.1) is 0 Å². The van der Waals surface area contributed by atoms with E-state index in [4.69, 9.17) is 0 Å². The van der Waals surface area contributed by atoms with E-state index < -0.39 is 4.92 Å². The minimum atomic E-state index is -0.489. The third-order valence-electron chi connectivity index (χ3n) is 3.48. The molecule has 0 unspecified atom stereocenters. The Kier molecular flexibility index (Phi) is 5.46. The first-order chi connectivity index (χ1) is 11.0. The third kappa shape index (κ3) is 4.91. The normalized spacial score (nSPS) is 10.7. The molecule has 1 aromatic heterocycles. The van der Waals surface area contributed by atoms with Crippen LogP contribution in [0.25, 0.3) is 0 Å². The molecule has 0 bridgehead atoms. The summed E-state index contributed by atoms with van der Waals surface area (Å²) in [6.45, 7) is 4.70. The van der Waals surface area contributed by atoms with Gasteiger partial charge in [0.25, 0.3) is 0 Å². The smallest absolute Gasteiger partial charge is 0.306 e. The van der Waals surface area contributed by atoms with E-state index in [1.807, 2.05) is 24.3 Å². The van der Waals surface area contributed by atoms with Crippen LogP contribution in [0.2, 0.25) is 0 Å². The van der Waals surface area contributed by atoms with E-state index in [9.17, 15) is 14.9 Å². The molecule has 122 valence electrons. The Morgan fingerprint density at radius 2 is 2.04 bits per heavy atom. The fourth-order valence-electron chi connectivity index (χ4n) is 2.15. The van der Waals surface area contributed by atoms with Crippen LogP contribution >= 0.6 is 0 Å². The fraction of sp³-hybridized carbons (Fsp3) is 0.375. The molecule has 1 heterocycles. The van der Waals surface area contributed by atoms with E-state index in [0.29, 0.717) is 25.3 Å². The highest BCUT2D eigenvalue weighted by Crippen LogP contribution is 2.17. The molecule has 1 amide bonds. The van der Waals surface area contributed by atoms with E-state index in [0.717, 1.165) is 5.69 Å². The number of carbonyl (C=O) groups is 1. The highest BCUT2D eigenvalue weighted by Gasteiger charge is 2.09. The molecule has 0 aliphatic heterocycles. The number of carbonyl (C=O) groups excluding carboxylic acids is 1. The molecule has 0 aliphatic carbocycles. The van der Waals surface area contributed by atoms with Crippen molar-refractivity contribution >= 4 is 17.3 Å². The molecular formula is C16H20N4O3. The van der Waals surface area contributed by atoms with Gasteiger partial charge in [-0.2, -0.15) is 5.10 Å². The molecule has 0 spiro atoms. The van der Waals surface area contributed by atoms with Crippen LogP contribution < -0.4 is 5.32 Å². The SMILES string of the molecule is CC(C)c1ccc(NC(=O)CCCn2cc([N+](=O)[O-])cn2)cc1. The van der Waals surface area contributed by atoms with Crippen molar-refractivity contribution in [2.45, 2.75) is 39.2 Å². The number of anilines is 1. The van der Waals surface area contributed by atoms with Gasteiger partial charge in [-0.25, -0.2) is 0 Å². The summed E-state index contributed by atoms with van der Waals surface area (Å²) in [7, 11) is 0. The van der Waals surface area contributed by atoms with Gasteiger partial charge in [-0.3, -0.25) is 19.6 Å². The Labute approximate surface area is 134 Å². The molecule has 0 fully saturated rings. The number of aryl methyl sites for hydroxylation is 1. The number of hydrogen-bond acceptors (Lipinski definition) is 4. The van der Waals surface area contributed by atoms with Crippen LogP contribution in [0.4, 0.5) is 11.4 Å². The van der Waals surface area contributed by atoms with E-state index in [1.165, 1.54) is 22.6 Å². The van der Waals surface area contributed by atoms with Crippen LogP contribution in [-0.4, -0.2) is 20.6 Å². The molecule has 0 radical (unpaired) electrons. The van der Waals surface area contributed by atoms with E-state index in [-0.39, 0.29) is 11.6 Å². The monoisotopic (exact) mass is 316 g/mol. The molecule has 7 nitrogen and oxygen atoms in total. The van der Waals surface area contributed by atoms with Crippen molar-refractivity contribution in [2.75, 3.05) is 5.32 Å². The minimum Gasteiger partial charge on any atom is -0.326 e. The summed E-state index contributed by atoms with van der Waals surface area (Å²) in [6.07, 6.45) is 3.47. The molecule has 2 rings (SSSR count). The second-order valence-electron chi connectivity index (χ2n) is 5.65. The topological polar surface area (TPSA) is 90.1 Å². The van der Waals surface area contributed by atoms with Gasteiger partial charge in [0.2, 0.25) is 5.91 Å². The summed E-state index contributed by atoms with van der Waals surface area (Å²) in [6, 6.07) is 7.79. The van der Waals surface area contributed by atoms with Gasteiger partial charge in [-0.1, -0.05) is 26.0 Å². The Balaban J connectivity index is 1.77. The van der Waals surface area contributed by atoms with Crippen molar-refractivity contribution in [1.82, 2.24) is 9.78 Å². The second-order valence-corrected chi connectivity index (χ2v) is 5.65. The maximum absolute atomic E-state index is 11.9. The van der Waals surface area contributed by atoms with Gasteiger partial charge in [0.15, 0.2) is 0 Å². The van der Waals surface area contributed by atoms with Crippen LogP contribution in [-0.2, 0) is 11.3 Å². The lowest BCUT2D eigenvalue weighted by molar-refractivity contribution is -0.385. The van der Waals surface area contributed by atoms with Crippen molar-refractivity contribution in [3.05, 3.63) is 52.3 Å². The number of nitrogens with zero attached hydrogens (tertiary/aromatic N) is 3. The zero-order chi connectivity index (χ0) is 16.8. The van der Waals surface area contributed by atoms with Gasteiger partial charge >= 0.3 is 5.69 Å². The second kappa shape index (κ2) is 7.53. The van der Waals surface area contributed by atoms with Gasteiger partial charge in [0, 0.05) is 18.7 Å². The van der Waals surface area contributed by atoms with E-state index >= 15 is 0 Å². The van der Waals surface area contributed by atoms with Crippen molar-refractivity contribution in [1.29, 1.82) is 0 Å². The van der Waals surface area contributed by atoms with Gasteiger partial charge in [0.1, 0.15) is 12.4 Å². The first-order valence-electron chi connectivity index (χ1n) is 7.52. The maximum atomic E-state index is 11.9. The molecular weight excluding hydrogens is 296 g/mol. The largest absolute Gasteiger partial charge is 0.326 e.